The van der Waals surface area contributed by atoms with Crippen molar-refractivity contribution >= 4 is 43.5 Å². The molecular weight excluding hydrogens is 367 g/mol. The zero-order valence-electron chi connectivity index (χ0n) is 8.79. The Labute approximate surface area is 122 Å². The Bertz CT molecular complexity index is 511. The fraction of sp³-hybridized carbons (Fsp3) is 0.0769. The third-order valence-corrected chi connectivity index (χ3v) is 3.62. The number of ether oxygens (including phenoxy) is 1. The molecular formula is C13H9Br2ClO. The van der Waals surface area contributed by atoms with E-state index in [2.05, 4.69) is 31.9 Å². The molecule has 17 heavy (non-hydrogen) atoms. The van der Waals surface area contributed by atoms with Crippen LogP contribution in [-0.4, -0.2) is 0 Å². The summed E-state index contributed by atoms with van der Waals surface area (Å²) >= 11 is 12.6. The molecule has 0 heterocycles. The van der Waals surface area contributed by atoms with Gasteiger partial charge < -0.3 is 4.74 Å². The maximum atomic E-state index is 5.75. The molecule has 0 atom stereocenters. The van der Waals surface area contributed by atoms with Crippen molar-refractivity contribution in [1.82, 2.24) is 0 Å². The van der Waals surface area contributed by atoms with E-state index in [1.54, 1.807) is 0 Å². The van der Waals surface area contributed by atoms with Gasteiger partial charge in [-0.05, 0) is 51.8 Å². The van der Waals surface area contributed by atoms with Crippen LogP contribution in [0, 0.1) is 0 Å². The molecule has 88 valence electrons. The van der Waals surface area contributed by atoms with Gasteiger partial charge in [-0.3, -0.25) is 0 Å². The predicted octanol–water partition coefficient (Wildman–Crippen LogP) is 5.74. The smallest absolute Gasteiger partial charge is 0.141 e. The second-order valence-electron chi connectivity index (χ2n) is 3.45. The number of rotatable bonds is 3. The summed E-state index contributed by atoms with van der Waals surface area (Å²) < 4.78 is 7.67. The molecule has 0 radical (unpaired) electrons. The maximum Gasteiger partial charge on any atom is 0.141 e. The molecule has 0 bridgehead atoms. The topological polar surface area (TPSA) is 9.23 Å². The third kappa shape index (κ3) is 3.47. The van der Waals surface area contributed by atoms with Crippen LogP contribution in [0.2, 0.25) is 0 Å². The summed E-state index contributed by atoms with van der Waals surface area (Å²) in [5.41, 5.74) is 1.08. The lowest BCUT2D eigenvalue weighted by Gasteiger charge is -2.08. The average molecular weight is 376 g/mol. The Morgan fingerprint density at radius 2 is 1.71 bits per heavy atom. The van der Waals surface area contributed by atoms with Crippen LogP contribution in [-0.2, 0) is 5.88 Å². The highest BCUT2D eigenvalue weighted by Gasteiger charge is 2.03. The first-order valence-electron chi connectivity index (χ1n) is 4.97. The SMILES string of the molecule is ClCc1ccc(Oc2ccc(Br)cc2Br)cc1. The molecule has 0 aliphatic carbocycles. The van der Waals surface area contributed by atoms with Crippen molar-refractivity contribution in [3.05, 3.63) is 57.0 Å². The summed E-state index contributed by atoms with van der Waals surface area (Å²) in [6.45, 7) is 0. The monoisotopic (exact) mass is 374 g/mol. The lowest BCUT2D eigenvalue weighted by atomic mass is 10.2. The van der Waals surface area contributed by atoms with Crippen molar-refractivity contribution < 1.29 is 4.74 Å². The molecule has 2 rings (SSSR count). The molecule has 4 heteroatoms. The van der Waals surface area contributed by atoms with Gasteiger partial charge in [-0.1, -0.05) is 28.1 Å². The molecule has 0 saturated heterocycles. The Kier molecular flexibility index (Phi) is 4.48. The van der Waals surface area contributed by atoms with Crippen LogP contribution >= 0.6 is 43.5 Å². The molecule has 0 amide bonds. The lowest BCUT2D eigenvalue weighted by Crippen LogP contribution is -1.86. The van der Waals surface area contributed by atoms with Crippen molar-refractivity contribution in [2.24, 2.45) is 0 Å². The molecule has 0 aliphatic rings. The highest BCUT2D eigenvalue weighted by Crippen LogP contribution is 2.32. The Morgan fingerprint density at radius 3 is 2.29 bits per heavy atom. The van der Waals surface area contributed by atoms with E-state index in [4.69, 9.17) is 16.3 Å². The molecule has 0 fully saturated rings. The second-order valence-corrected chi connectivity index (χ2v) is 5.49. The lowest BCUT2D eigenvalue weighted by molar-refractivity contribution is 0.479. The molecule has 0 aliphatic heterocycles. The van der Waals surface area contributed by atoms with Crippen LogP contribution in [0.5, 0.6) is 11.5 Å². The van der Waals surface area contributed by atoms with Gasteiger partial charge in [-0.15, -0.1) is 11.6 Å². The molecule has 2 aromatic rings. The fourth-order valence-electron chi connectivity index (χ4n) is 1.33. The minimum Gasteiger partial charge on any atom is -0.456 e. The highest BCUT2D eigenvalue weighted by molar-refractivity contribution is 9.11. The summed E-state index contributed by atoms with van der Waals surface area (Å²) in [7, 11) is 0. The number of halogens is 3. The van der Waals surface area contributed by atoms with Crippen LogP contribution < -0.4 is 4.74 Å². The minimum absolute atomic E-state index is 0.516. The van der Waals surface area contributed by atoms with Crippen molar-refractivity contribution in [2.45, 2.75) is 5.88 Å². The summed E-state index contributed by atoms with van der Waals surface area (Å²) in [6, 6.07) is 13.5. The Hall–Kier alpha value is -0.510. The van der Waals surface area contributed by atoms with Crippen LogP contribution in [0.4, 0.5) is 0 Å². The van der Waals surface area contributed by atoms with Crippen molar-refractivity contribution in [1.29, 1.82) is 0 Å². The Balaban J connectivity index is 2.19. The van der Waals surface area contributed by atoms with Crippen molar-refractivity contribution in [3.8, 4) is 11.5 Å². The molecule has 0 saturated carbocycles. The van der Waals surface area contributed by atoms with E-state index < -0.39 is 0 Å². The van der Waals surface area contributed by atoms with Crippen LogP contribution in [0.1, 0.15) is 5.56 Å². The van der Waals surface area contributed by atoms with E-state index in [1.165, 1.54) is 0 Å². The van der Waals surface area contributed by atoms with E-state index in [1.807, 2.05) is 42.5 Å². The zero-order valence-corrected chi connectivity index (χ0v) is 12.7. The largest absolute Gasteiger partial charge is 0.456 e. The molecule has 0 unspecified atom stereocenters. The predicted molar refractivity (Wildman–Crippen MR) is 77.9 cm³/mol. The molecule has 1 nitrogen and oxygen atoms in total. The molecule has 2 aromatic carbocycles. The molecule has 0 aromatic heterocycles. The van der Waals surface area contributed by atoms with Gasteiger partial charge in [0.1, 0.15) is 11.5 Å². The maximum absolute atomic E-state index is 5.75. The number of hydrogen-bond acceptors (Lipinski definition) is 1. The van der Waals surface area contributed by atoms with Crippen molar-refractivity contribution in [2.75, 3.05) is 0 Å². The molecule has 0 N–H and O–H groups in total. The standard InChI is InChI=1S/C13H9Br2ClO/c14-10-3-6-13(12(15)7-10)17-11-4-1-9(8-16)2-5-11/h1-7H,8H2. The number of hydrogen-bond donors (Lipinski definition) is 0. The number of alkyl halides is 1. The van der Waals surface area contributed by atoms with E-state index in [9.17, 15) is 0 Å². The van der Waals surface area contributed by atoms with Gasteiger partial charge in [0.25, 0.3) is 0 Å². The number of benzene rings is 2. The van der Waals surface area contributed by atoms with E-state index in [0.717, 1.165) is 26.0 Å². The summed E-state index contributed by atoms with van der Waals surface area (Å²) in [5, 5.41) is 0. The van der Waals surface area contributed by atoms with E-state index >= 15 is 0 Å². The van der Waals surface area contributed by atoms with Crippen LogP contribution in [0.15, 0.2) is 51.4 Å². The van der Waals surface area contributed by atoms with Gasteiger partial charge in [-0.2, -0.15) is 0 Å². The Morgan fingerprint density at radius 1 is 1.00 bits per heavy atom. The summed E-state index contributed by atoms with van der Waals surface area (Å²) in [6.07, 6.45) is 0. The van der Waals surface area contributed by atoms with Gasteiger partial charge in [0.05, 0.1) is 4.47 Å². The highest BCUT2D eigenvalue weighted by atomic mass is 79.9. The van der Waals surface area contributed by atoms with Gasteiger partial charge in [0.15, 0.2) is 0 Å². The van der Waals surface area contributed by atoms with E-state index in [-0.39, 0.29) is 0 Å². The van der Waals surface area contributed by atoms with Crippen LogP contribution in [0.25, 0.3) is 0 Å². The summed E-state index contributed by atoms with van der Waals surface area (Å²) in [5.74, 6) is 2.09. The second kappa shape index (κ2) is 5.89. The first-order valence-corrected chi connectivity index (χ1v) is 7.09. The van der Waals surface area contributed by atoms with Gasteiger partial charge in [0.2, 0.25) is 0 Å². The van der Waals surface area contributed by atoms with Gasteiger partial charge in [0, 0.05) is 10.4 Å². The van der Waals surface area contributed by atoms with Crippen molar-refractivity contribution in [3.63, 3.8) is 0 Å². The third-order valence-electron chi connectivity index (χ3n) is 2.20. The minimum atomic E-state index is 0.516. The average Bonchev–Trinajstić information content (AvgIpc) is 2.34. The first kappa shape index (κ1) is 12.9. The summed E-state index contributed by atoms with van der Waals surface area (Å²) in [4.78, 5) is 0. The van der Waals surface area contributed by atoms with Gasteiger partial charge in [-0.25, -0.2) is 0 Å². The fourth-order valence-corrected chi connectivity index (χ4v) is 2.64. The van der Waals surface area contributed by atoms with E-state index in [0.29, 0.717) is 5.88 Å². The normalized spacial score (nSPS) is 10.3. The quantitative estimate of drug-likeness (QED) is 0.621. The van der Waals surface area contributed by atoms with Gasteiger partial charge >= 0.3 is 0 Å². The first-order chi connectivity index (χ1) is 8.19. The molecule has 0 spiro atoms. The zero-order chi connectivity index (χ0) is 12.3. The van der Waals surface area contributed by atoms with Crippen LogP contribution in [0.3, 0.4) is 0 Å².